The van der Waals surface area contributed by atoms with Crippen molar-refractivity contribution in [1.29, 1.82) is 0 Å². The molecule has 13 heavy (non-hydrogen) atoms. The number of nitrogens with zero attached hydrogens (tertiary/aromatic N) is 2. The first kappa shape index (κ1) is 9.57. The highest BCUT2D eigenvalue weighted by molar-refractivity contribution is 5.74. The van der Waals surface area contributed by atoms with Gasteiger partial charge in [0, 0.05) is 6.07 Å². The first-order chi connectivity index (χ1) is 6.06. The van der Waals surface area contributed by atoms with Crippen LogP contribution in [0.15, 0.2) is 6.07 Å². The predicted octanol–water partition coefficient (Wildman–Crippen LogP) is 0.508. The number of rotatable bonds is 2. The third kappa shape index (κ3) is 1.80. The van der Waals surface area contributed by atoms with Gasteiger partial charge in [-0.25, -0.2) is 9.48 Å². The Hall–Kier alpha value is -1.52. The SMILES string of the molecule is COC(=O)C(C)n1nc(C)cc1N. The van der Waals surface area contributed by atoms with Gasteiger partial charge in [0.2, 0.25) is 0 Å². The van der Waals surface area contributed by atoms with Crippen molar-refractivity contribution in [2.75, 3.05) is 12.8 Å². The van der Waals surface area contributed by atoms with Crippen molar-refractivity contribution >= 4 is 11.8 Å². The van der Waals surface area contributed by atoms with E-state index in [9.17, 15) is 4.79 Å². The number of anilines is 1. The highest BCUT2D eigenvalue weighted by Crippen LogP contribution is 2.13. The zero-order chi connectivity index (χ0) is 10.0. The van der Waals surface area contributed by atoms with Crippen LogP contribution in [0.1, 0.15) is 18.7 Å². The summed E-state index contributed by atoms with van der Waals surface area (Å²) in [7, 11) is 1.34. The fourth-order valence-corrected chi connectivity index (χ4v) is 1.12. The zero-order valence-corrected chi connectivity index (χ0v) is 7.94. The van der Waals surface area contributed by atoms with Crippen molar-refractivity contribution in [1.82, 2.24) is 9.78 Å². The number of hydrogen-bond acceptors (Lipinski definition) is 4. The molecule has 0 aromatic carbocycles. The van der Waals surface area contributed by atoms with Crippen molar-refractivity contribution in [3.8, 4) is 0 Å². The lowest BCUT2D eigenvalue weighted by atomic mass is 10.3. The molecule has 72 valence electrons. The molecule has 0 spiro atoms. The van der Waals surface area contributed by atoms with Crippen LogP contribution in [0.5, 0.6) is 0 Å². The molecule has 0 aliphatic rings. The molecule has 0 saturated carbocycles. The lowest BCUT2D eigenvalue weighted by Gasteiger charge is -2.10. The summed E-state index contributed by atoms with van der Waals surface area (Å²) in [4.78, 5) is 11.1. The molecule has 0 fully saturated rings. The molecule has 0 radical (unpaired) electrons. The minimum atomic E-state index is -0.473. The van der Waals surface area contributed by atoms with E-state index in [0.717, 1.165) is 5.69 Å². The Bertz CT molecular complexity index is 319. The smallest absolute Gasteiger partial charge is 0.330 e. The van der Waals surface area contributed by atoms with E-state index in [1.165, 1.54) is 11.8 Å². The Labute approximate surface area is 76.5 Å². The normalized spacial score (nSPS) is 12.5. The minimum absolute atomic E-state index is 0.352. The molecule has 5 nitrogen and oxygen atoms in total. The van der Waals surface area contributed by atoms with E-state index in [2.05, 4.69) is 9.84 Å². The van der Waals surface area contributed by atoms with Gasteiger partial charge in [-0.1, -0.05) is 0 Å². The molecule has 1 aromatic heterocycles. The van der Waals surface area contributed by atoms with Crippen LogP contribution in [0.3, 0.4) is 0 Å². The number of ether oxygens (including phenoxy) is 1. The summed E-state index contributed by atoms with van der Waals surface area (Å²) in [5.74, 6) is 0.116. The summed E-state index contributed by atoms with van der Waals surface area (Å²) in [5, 5.41) is 4.07. The fraction of sp³-hybridized carbons (Fsp3) is 0.500. The van der Waals surface area contributed by atoms with Gasteiger partial charge >= 0.3 is 5.97 Å². The lowest BCUT2D eigenvalue weighted by Crippen LogP contribution is -2.20. The number of aromatic nitrogens is 2. The van der Waals surface area contributed by atoms with Gasteiger partial charge in [0.25, 0.3) is 0 Å². The fourth-order valence-electron chi connectivity index (χ4n) is 1.12. The summed E-state index contributed by atoms with van der Waals surface area (Å²) < 4.78 is 6.02. The summed E-state index contributed by atoms with van der Waals surface area (Å²) in [5.41, 5.74) is 6.41. The van der Waals surface area contributed by atoms with E-state index in [1.807, 2.05) is 6.92 Å². The third-order valence-electron chi connectivity index (χ3n) is 1.80. The number of nitrogen functional groups attached to an aromatic ring is 1. The highest BCUT2D eigenvalue weighted by Gasteiger charge is 2.18. The van der Waals surface area contributed by atoms with Crippen LogP contribution in [0.4, 0.5) is 5.82 Å². The van der Waals surface area contributed by atoms with Crippen LogP contribution in [0.2, 0.25) is 0 Å². The first-order valence-corrected chi connectivity index (χ1v) is 3.95. The molecule has 1 heterocycles. The van der Waals surface area contributed by atoms with Gasteiger partial charge in [0.15, 0.2) is 0 Å². The van der Waals surface area contributed by atoms with Crippen LogP contribution in [-0.2, 0) is 9.53 Å². The van der Waals surface area contributed by atoms with Gasteiger partial charge < -0.3 is 10.5 Å². The molecular formula is C8H13N3O2. The maximum atomic E-state index is 11.1. The van der Waals surface area contributed by atoms with Gasteiger partial charge in [0.05, 0.1) is 12.8 Å². The molecule has 1 unspecified atom stereocenters. The van der Waals surface area contributed by atoms with Crippen molar-refractivity contribution in [3.05, 3.63) is 11.8 Å². The average Bonchev–Trinajstić information content (AvgIpc) is 2.42. The first-order valence-electron chi connectivity index (χ1n) is 3.95. The molecule has 1 atom stereocenters. The molecule has 1 rings (SSSR count). The number of nitrogens with two attached hydrogens (primary N) is 1. The molecular weight excluding hydrogens is 170 g/mol. The van der Waals surface area contributed by atoms with Gasteiger partial charge in [-0.05, 0) is 13.8 Å². The maximum Gasteiger partial charge on any atom is 0.330 e. The number of esters is 1. The van der Waals surface area contributed by atoms with Crippen LogP contribution >= 0.6 is 0 Å². The summed E-state index contributed by atoms with van der Waals surface area (Å²) in [6.07, 6.45) is 0. The van der Waals surface area contributed by atoms with E-state index in [1.54, 1.807) is 13.0 Å². The molecule has 0 bridgehead atoms. The summed E-state index contributed by atoms with van der Waals surface area (Å²) >= 11 is 0. The Morgan fingerprint density at radius 2 is 2.38 bits per heavy atom. The van der Waals surface area contributed by atoms with E-state index in [4.69, 9.17) is 5.73 Å². The van der Waals surface area contributed by atoms with E-state index in [0.29, 0.717) is 5.82 Å². The molecule has 0 aliphatic heterocycles. The van der Waals surface area contributed by atoms with Crippen molar-refractivity contribution in [2.45, 2.75) is 19.9 Å². The van der Waals surface area contributed by atoms with E-state index in [-0.39, 0.29) is 5.97 Å². The standard InChI is InChI=1S/C8H13N3O2/c1-5-4-7(9)11(10-5)6(2)8(12)13-3/h4,6H,9H2,1-3H3. The molecule has 0 saturated heterocycles. The molecule has 0 aliphatic carbocycles. The molecule has 5 heteroatoms. The average molecular weight is 183 g/mol. The number of methoxy groups -OCH3 is 1. The Kier molecular flexibility index (Phi) is 2.55. The second kappa shape index (κ2) is 3.47. The minimum Gasteiger partial charge on any atom is -0.467 e. The monoisotopic (exact) mass is 183 g/mol. The second-order valence-corrected chi connectivity index (χ2v) is 2.85. The van der Waals surface area contributed by atoms with Crippen molar-refractivity contribution < 1.29 is 9.53 Å². The van der Waals surface area contributed by atoms with Gasteiger partial charge in [-0.15, -0.1) is 0 Å². The van der Waals surface area contributed by atoms with Crippen LogP contribution in [0.25, 0.3) is 0 Å². The van der Waals surface area contributed by atoms with Gasteiger partial charge in [0.1, 0.15) is 11.9 Å². The Balaban J connectivity index is 2.94. The summed E-state index contributed by atoms with van der Waals surface area (Å²) in [6, 6.07) is 1.23. The Morgan fingerprint density at radius 3 is 2.77 bits per heavy atom. The zero-order valence-electron chi connectivity index (χ0n) is 7.94. The molecule has 0 amide bonds. The third-order valence-corrected chi connectivity index (χ3v) is 1.80. The molecule has 2 N–H and O–H groups in total. The van der Waals surface area contributed by atoms with E-state index < -0.39 is 6.04 Å². The van der Waals surface area contributed by atoms with Crippen LogP contribution < -0.4 is 5.73 Å². The molecule has 1 aromatic rings. The van der Waals surface area contributed by atoms with Crippen molar-refractivity contribution in [2.24, 2.45) is 0 Å². The largest absolute Gasteiger partial charge is 0.467 e. The topological polar surface area (TPSA) is 70.1 Å². The maximum absolute atomic E-state index is 11.1. The second-order valence-electron chi connectivity index (χ2n) is 2.85. The number of aryl methyl sites for hydroxylation is 1. The van der Waals surface area contributed by atoms with Crippen LogP contribution in [0, 0.1) is 6.92 Å². The highest BCUT2D eigenvalue weighted by atomic mass is 16.5. The summed E-state index contributed by atoms with van der Waals surface area (Å²) in [6.45, 7) is 3.51. The quantitative estimate of drug-likeness (QED) is 0.678. The number of carbonyl (C=O) groups is 1. The lowest BCUT2D eigenvalue weighted by molar-refractivity contribution is -0.144. The van der Waals surface area contributed by atoms with Crippen molar-refractivity contribution in [3.63, 3.8) is 0 Å². The Morgan fingerprint density at radius 1 is 1.77 bits per heavy atom. The predicted molar refractivity (Wildman–Crippen MR) is 48.1 cm³/mol. The number of hydrogen-bond donors (Lipinski definition) is 1. The van der Waals surface area contributed by atoms with Gasteiger partial charge in [-0.2, -0.15) is 5.10 Å². The van der Waals surface area contributed by atoms with Crippen LogP contribution in [-0.4, -0.2) is 22.9 Å². The number of carbonyl (C=O) groups excluding carboxylic acids is 1. The van der Waals surface area contributed by atoms with Gasteiger partial charge in [-0.3, -0.25) is 0 Å². The van der Waals surface area contributed by atoms with E-state index >= 15 is 0 Å².